The largest absolute Gasteiger partial charge is 0.147 e. The van der Waals surface area contributed by atoms with Crippen molar-refractivity contribution >= 4 is 65.9 Å². The molecule has 0 N–H and O–H groups in total. The van der Waals surface area contributed by atoms with E-state index in [0.717, 1.165) is 12.8 Å². The van der Waals surface area contributed by atoms with Crippen molar-refractivity contribution in [2.24, 2.45) is 0 Å². The van der Waals surface area contributed by atoms with E-state index in [1.807, 2.05) is 13.8 Å². The van der Waals surface area contributed by atoms with Gasteiger partial charge in [0.05, 0.1) is 0 Å². The number of allylic oxidation sites excluding steroid dienone is 2. The van der Waals surface area contributed by atoms with Crippen molar-refractivity contribution in [2.75, 3.05) is 0 Å². The van der Waals surface area contributed by atoms with Crippen LogP contribution in [0.3, 0.4) is 0 Å². The van der Waals surface area contributed by atoms with E-state index < -0.39 is 19.4 Å². The first-order chi connectivity index (χ1) is 23.0. The van der Waals surface area contributed by atoms with Crippen LogP contribution >= 0.6 is 24.8 Å². The van der Waals surface area contributed by atoms with Gasteiger partial charge in [-0.15, -0.1) is 24.8 Å². The molecule has 0 fully saturated rings. The third kappa shape index (κ3) is 6.29. The van der Waals surface area contributed by atoms with Gasteiger partial charge in [0.1, 0.15) is 0 Å². The fourth-order valence-corrected chi connectivity index (χ4v) is 29.0. The molecule has 0 saturated heterocycles. The zero-order valence-corrected chi connectivity index (χ0v) is 35.7. The molecule has 250 valence electrons. The van der Waals surface area contributed by atoms with Crippen molar-refractivity contribution in [3.05, 3.63) is 155 Å². The maximum atomic E-state index is 2.81. The normalized spacial score (nSPS) is 17.1. The van der Waals surface area contributed by atoms with Crippen LogP contribution < -0.4 is 0 Å². The van der Waals surface area contributed by atoms with Gasteiger partial charge in [0.2, 0.25) is 0 Å². The van der Waals surface area contributed by atoms with Gasteiger partial charge < -0.3 is 0 Å². The van der Waals surface area contributed by atoms with Crippen molar-refractivity contribution < 1.29 is 19.4 Å². The second-order valence-corrected chi connectivity index (χ2v) is 38.0. The number of rotatable bonds is 6. The summed E-state index contributed by atoms with van der Waals surface area (Å²) in [6.45, 7) is 8.78. The molecule has 4 heteroatoms. The van der Waals surface area contributed by atoms with E-state index >= 15 is 0 Å². The van der Waals surface area contributed by atoms with Crippen molar-refractivity contribution in [3.63, 3.8) is 0 Å². The van der Waals surface area contributed by atoms with Gasteiger partial charge in [-0.3, -0.25) is 0 Å². The van der Waals surface area contributed by atoms with Crippen LogP contribution in [0, 0.1) is 0 Å². The van der Waals surface area contributed by atoms with Crippen LogP contribution in [0.15, 0.2) is 132 Å². The summed E-state index contributed by atoms with van der Waals surface area (Å²) < 4.78 is 4.05. The van der Waals surface area contributed by atoms with Gasteiger partial charge in [-0.2, -0.15) is 0 Å². The second-order valence-electron chi connectivity index (χ2n) is 13.5. The summed E-state index contributed by atoms with van der Waals surface area (Å²) in [5.74, 6) is 0. The van der Waals surface area contributed by atoms with Gasteiger partial charge in [-0.25, -0.2) is 0 Å². The van der Waals surface area contributed by atoms with E-state index in [1.165, 1.54) is 62.3 Å². The molecular formula is C45H48Cl2SiZr. The van der Waals surface area contributed by atoms with Crippen molar-refractivity contribution in [1.29, 1.82) is 0 Å². The maximum Gasteiger partial charge on any atom is -0.147 e. The molecule has 0 saturated carbocycles. The van der Waals surface area contributed by atoms with Gasteiger partial charge in [0.15, 0.2) is 0 Å². The van der Waals surface area contributed by atoms with E-state index in [0.29, 0.717) is 7.25 Å². The molecule has 6 aromatic rings. The average Bonchev–Trinajstić information content (AvgIpc) is 3.72. The molecule has 0 amide bonds. The van der Waals surface area contributed by atoms with Crippen LogP contribution in [-0.2, 0) is 19.4 Å². The second kappa shape index (κ2) is 15.5. The Morgan fingerprint density at radius 1 is 0.490 bits per heavy atom. The van der Waals surface area contributed by atoms with Gasteiger partial charge in [-0.1, -0.05) is 13.8 Å². The summed E-state index contributed by atoms with van der Waals surface area (Å²) in [7, 11) is 1.29. The number of benzene rings is 6. The number of hydrogen-bond donors (Lipinski definition) is 0. The van der Waals surface area contributed by atoms with Crippen LogP contribution in [-0.4, -0.2) is 7.37 Å². The summed E-state index contributed by atoms with van der Waals surface area (Å²) in [6.07, 6.45) is 7.48. The Morgan fingerprint density at radius 2 is 0.837 bits per heavy atom. The fraction of sp³-hybridized carbons (Fsp3) is 0.200. The topological polar surface area (TPSA) is 0 Å². The van der Waals surface area contributed by atoms with Crippen LogP contribution in [0.4, 0.5) is 0 Å². The third-order valence-electron chi connectivity index (χ3n) is 10.8. The van der Waals surface area contributed by atoms with Crippen LogP contribution in [0.1, 0.15) is 70.0 Å². The molecule has 2 aliphatic rings. The van der Waals surface area contributed by atoms with E-state index in [-0.39, 0.29) is 24.8 Å². The van der Waals surface area contributed by atoms with E-state index in [2.05, 4.69) is 152 Å². The summed E-state index contributed by atoms with van der Waals surface area (Å²) >= 11 is -2.87. The molecule has 49 heavy (non-hydrogen) atoms. The molecule has 8 rings (SSSR count). The maximum absolute atomic E-state index is 2.87. The predicted molar refractivity (Wildman–Crippen MR) is 222 cm³/mol. The number of hydrogen-bond acceptors (Lipinski definition) is 0. The Hall–Kier alpha value is -3.00. The summed E-state index contributed by atoms with van der Waals surface area (Å²) in [5, 5.41) is 5.33. The molecule has 0 nitrogen and oxygen atoms in total. The first-order valence-electron chi connectivity index (χ1n) is 17.6. The van der Waals surface area contributed by atoms with Gasteiger partial charge in [0.25, 0.3) is 0 Å². The quantitative estimate of drug-likeness (QED) is 0.148. The fourth-order valence-electron chi connectivity index (χ4n) is 8.86. The van der Waals surface area contributed by atoms with Crippen LogP contribution in [0.25, 0.3) is 56.0 Å². The Morgan fingerprint density at radius 3 is 1.24 bits per heavy atom. The minimum atomic E-state index is -2.87. The Bertz CT molecular complexity index is 2030. The Balaban J connectivity index is 0.00000115. The average molecular weight is 779 g/mol. The molecule has 0 radical (unpaired) electrons. The van der Waals surface area contributed by atoms with E-state index in [4.69, 9.17) is 0 Å². The Kier molecular flexibility index (Phi) is 11.8. The minimum absolute atomic E-state index is 0. The van der Waals surface area contributed by atoms with Crippen LogP contribution in [0.5, 0.6) is 0 Å². The van der Waals surface area contributed by atoms with Crippen molar-refractivity contribution in [1.82, 2.24) is 0 Å². The zero-order valence-electron chi connectivity index (χ0n) is 29.6. The van der Waals surface area contributed by atoms with Crippen LogP contribution in [0.2, 0.25) is 4.63 Å². The molecule has 2 unspecified atom stereocenters. The number of fused-ring (bicyclic) bond motifs is 4. The summed E-state index contributed by atoms with van der Waals surface area (Å²) in [4.78, 5) is 0. The molecule has 2 atom stereocenters. The van der Waals surface area contributed by atoms with Crippen molar-refractivity contribution in [2.45, 2.75) is 52.4 Å². The molecule has 0 spiro atoms. The Labute approximate surface area is 312 Å². The molecule has 0 heterocycles. The first-order valence-corrected chi connectivity index (χ1v) is 31.3. The molecular weight excluding hydrogens is 731 g/mol. The van der Waals surface area contributed by atoms with Gasteiger partial charge in [0, 0.05) is 0 Å². The standard InChI is InChI=1S/2C21H17.C2H6.CH3.2ClH.H3Si.Zr/c2*1-2-15-13-17-9-6-12-20(21(17)14-15)19-11-5-8-16-7-3-4-10-18(16)19;1-2;;;;;/h2*3-14H,2H2,1H3;1-2H3;1H3;2*1H;1H3;. The monoisotopic (exact) mass is 776 g/mol. The SMILES string of the molecule is CC.CCC1=Cc2c(-c3cccc4ccccc34)cccc2[CH]1[Zr]([CH3])([SiH3])[CH]1C(CC)=Cc2c(-c3cccc4ccccc34)cccc21.Cl.Cl. The molecule has 0 aliphatic heterocycles. The third-order valence-corrected chi connectivity index (χ3v) is 28.3. The molecule has 6 aromatic carbocycles. The first kappa shape index (κ1) is 37.3. The smallest absolute Gasteiger partial charge is 0.147 e. The zero-order chi connectivity index (χ0) is 32.7. The van der Waals surface area contributed by atoms with Crippen molar-refractivity contribution in [3.8, 4) is 22.3 Å². The predicted octanol–water partition coefficient (Wildman–Crippen LogP) is 13.1. The summed E-state index contributed by atoms with van der Waals surface area (Å²) in [5.41, 5.74) is 15.1. The van der Waals surface area contributed by atoms with Gasteiger partial charge >= 0.3 is 276 Å². The molecule has 2 aliphatic carbocycles. The minimum Gasteiger partial charge on any atom is -0.147 e. The van der Waals surface area contributed by atoms with E-state index in [1.54, 1.807) is 22.3 Å². The molecule has 0 bridgehead atoms. The number of halogens is 2. The molecule has 0 aromatic heterocycles. The van der Waals surface area contributed by atoms with Gasteiger partial charge in [-0.05, 0) is 0 Å². The summed E-state index contributed by atoms with van der Waals surface area (Å²) in [6, 6.07) is 45.7. The van der Waals surface area contributed by atoms with E-state index in [9.17, 15) is 0 Å².